The second-order valence-corrected chi connectivity index (χ2v) is 8.38. The molecule has 1 amide bonds. The zero-order valence-corrected chi connectivity index (χ0v) is 16.6. The Morgan fingerprint density at radius 3 is 2.32 bits per heavy atom. The van der Waals surface area contributed by atoms with Gasteiger partial charge in [-0.15, -0.1) is 0 Å². The zero-order valence-electron chi connectivity index (χ0n) is 15.8. The number of amides is 1. The first-order valence-corrected chi connectivity index (χ1v) is 10.8. The number of nitrogens with one attached hydrogen (secondary N) is 2. The Morgan fingerprint density at radius 1 is 0.929 bits per heavy atom. The molecule has 0 radical (unpaired) electrons. The minimum Gasteiger partial charge on any atom is -0.355 e. The van der Waals surface area contributed by atoms with E-state index >= 15 is 0 Å². The summed E-state index contributed by atoms with van der Waals surface area (Å²) in [7, 11) is -3.85. The Hall–Kier alpha value is -2.70. The highest BCUT2D eigenvalue weighted by Gasteiger charge is 2.26. The second-order valence-electron chi connectivity index (χ2n) is 6.66. The first-order valence-electron chi connectivity index (χ1n) is 9.32. The molecule has 0 aliphatic rings. The van der Waals surface area contributed by atoms with Crippen LogP contribution in [0.15, 0.2) is 77.7 Å². The van der Waals surface area contributed by atoms with E-state index in [1.807, 2.05) is 61.5 Å². The van der Waals surface area contributed by atoms with E-state index in [0.29, 0.717) is 6.54 Å². The summed E-state index contributed by atoms with van der Waals surface area (Å²) >= 11 is 0. The van der Waals surface area contributed by atoms with Gasteiger partial charge in [-0.2, -0.15) is 4.72 Å². The van der Waals surface area contributed by atoms with Crippen LogP contribution in [0.1, 0.15) is 18.9 Å². The lowest BCUT2D eigenvalue weighted by molar-refractivity contribution is -0.122. The molecule has 3 aromatic rings. The number of carbonyl (C=O) groups is 1. The monoisotopic (exact) mass is 396 g/mol. The SMILES string of the molecule is CCCNC(=O)C(Cc1ccccc1)NS(=O)(=O)c1ccc2ccccc2c1. The summed E-state index contributed by atoms with van der Waals surface area (Å²) in [6.07, 6.45) is 1.06. The Morgan fingerprint density at radius 2 is 1.61 bits per heavy atom. The van der Waals surface area contributed by atoms with Gasteiger partial charge in [-0.1, -0.05) is 67.6 Å². The summed E-state index contributed by atoms with van der Waals surface area (Å²) in [5.41, 5.74) is 0.889. The van der Waals surface area contributed by atoms with Crippen LogP contribution in [0, 0.1) is 0 Å². The van der Waals surface area contributed by atoms with Crippen molar-refractivity contribution < 1.29 is 13.2 Å². The molecular formula is C22H24N2O3S. The smallest absolute Gasteiger partial charge is 0.241 e. The van der Waals surface area contributed by atoms with Gasteiger partial charge in [0.2, 0.25) is 15.9 Å². The van der Waals surface area contributed by atoms with Gasteiger partial charge in [0.15, 0.2) is 0 Å². The largest absolute Gasteiger partial charge is 0.355 e. The maximum absolute atomic E-state index is 13.0. The van der Waals surface area contributed by atoms with Crippen LogP contribution >= 0.6 is 0 Å². The lowest BCUT2D eigenvalue weighted by atomic mass is 10.1. The third kappa shape index (κ3) is 4.97. The van der Waals surface area contributed by atoms with Crippen molar-refractivity contribution in [2.24, 2.45) is 0 Å². The molecular weight excluding hydrogens is 372 g/mol. The van der Waals surface area contributed by atoms with Crippen molar-refractivity contribution in [3.8, 4) is 0 Å². The van der Waals surface area contributed by atoms with Crippen molar-refractivity contribution in [1.29, 1.82) is 0 Å². The summed E-state index contributed by atoms with van der Waals surface area (Å²) in [6.45, 7) is 2.45. The van der Waals surface area contributed by atoms with E-state index < -0.39 is 16.1 Å². The van der Waals surface area contributed by atoms with E-state index in [0.717, 1.165) is 22.8 Å². The van der Waals surface area contributed by atoms with Gasteiger partial charge in [-0.05, 0) is 41.3 Å². The lowest BCUT2D eigenvalue weighted by Gasteiger charge is -2.19. The molecule has 3 aromatic carbocycles. The Balaban J connectivity index is 1.87. The van der Waals surface area contributed by atoms with Crippen molar-refractivity contribution in [2.45, 2.75) is 30.7 Å². The summed E-state index contributed by atoms with van der Waals surface area (Å²) < 4.78 is 28.5. The topological polar surface area (TPSA) is 75.3 Å². The van der Waals surface area contributed by atoms with Crippen LogP contribution < -0.4 is 10.0 Å². The van der Waals surface area contributed by atoms with Gasteiger partial charge in [-0.3, -0.25) is 4.79 Å². The Bertz CT molecular complexity index is 1050. The van der Waals surface area contributed by atoms with Crippen LogP contribution in [0.3, 0.4) is 0 Å². The van der Waals surface area contributed by atoms with Crippen LogP contribution in [0.5, 0.6) is 0 Å². The van der Waals surface area contributed by atoms with Crippen molar-refractivity contribution in [3.05, 3.63) is 78.4 Å². The van der Waals surface area contributed by atoms with Crippen LogP contribution in [0.25, 0.3) is 10.8 Å². The normalized spacial score (nSPS) is 12.6. The Labute approximate surface area is 165 Å². The van der Waals surface area contributed by atoms with E-state index in [9.17, 15) is 13.2 Å². The second kappa shape index (κ2) is 8.99. The molecule has 1 atom stereocenters. The third-order valence-corrected chi connectivity index (χ3v) is 5.95. The molecule has 146 valence electrons. The lowest BCUT2D eigenvalue weighted by Crippen LogP contribution is -2.48. The van der Waals surface area contributed by atoms with Crippen LogP contribution in [0.4, 0.5) is 0 Å². The molecule has 2 N–H and O–H groups in total. The van der Waals surface area contributed by atoms with Gasteiger partial charge in [-0.25, -0.2) is 8.42 Å². The number of hydrogen-bond acceptors (Lipinski definition) is 3. The molecule has 3 rings (SSSR count). The van der Waals surface area contributed by atoms with Crippen molar-refractivity contribution in [2.75, 3.05) is 6.54 Å². The maximum atomic E-state index is 13.0. The number of benzene rings is 3. The summed E-state index contributed by atoms with van der Waals surface area (Å²) in [4.78, 5) is 12.7. The average molecular weight is 397 g/mol. The molecule has 0 aliphatic heterocycles. The molecule has 0 bridgehead atoms. The van der Waals surface area contributed by atoms with E-state index in [4.69, 9.17) is 0 Å². The fourth-order valence-corrected chi connectivity index (χ4v) is 4.23. The summed E-state index contributed by atoms with van der Waals surface area (Å²) in [6, 6.07) is 21.0. The highest BCUT2D eigenvalue weighted by molar-refractivity contribution is 7.89. The van der Waals surface area contributed by atoms with Gasteiger partial charge in [0.05, 0.1) is 4.90 Å². The molecule has 5 nitrogen and oxygen atoms in total. The maximum Gasteiger partial charge on any atom is 0.241 e. The molecule has 0 fully saturated rings. The molecule has 0 aromatic heterocycles. The fraction of sp³-hybridized carbons (Fsp3) is 0.227. The minimum absolute atomic E-state index is 0.146. The van der Waals surface area contributed by atoms with Gasteiger partial charge in [0, 0.05) is 6.54 Å². The predicted octanol–water partition coefficient (Wildman–Crippen LogP) is 3.26. The quantitative estimate of drug-likeness (QED) is 0.614. The molecule has 0 saturated heterocycles. The highest BCUT2D eigenvalue weighted by Crippen LogP contribution is 2.19. The summed E-state index contributed by atoms with van der Waals surface area (Å²) in [5, 5.41) is 4.59. The molecule has 0 aliphatic carbocycles. The number of fused-ring (bicyclic) bond motifs is 1. The molecule has 28 heavy (non-hydrogen) atoms. The molecule has 0 saturated carbocycles. The van der Waals surface area contributed by atoms with Gasteiger partial charge in [0.1, 0.15) is 6.04 Å². The number of rotatable bonds is 8. The number of hydrogen-bond donors (Lipinski definition) is 2. The molecule has 0 spiro atoms. The van der Waals surface area contributed by atoms with Gasteiger partial charge in [0.25, 0.3) is 0 Å². The van der Waals surface area contributed by atoms with Gasteiger partial charge >= 0.3 is 0 Å². The van der Waals surface area contributed by atoms with Crippen LogP contribution in [0.2, 0.25) is 0 Å². The molecule has 6 heteroatoms. The minimum atomic E-state index is -3.85. The van der Waals surface area contributed by atoms with Crippen molar-refractivity contribution in [1.82, 2.24) is 10.0 Å². The fourth-order valence-electron chi connectivity index (χ4n) is 3.00. The first kappa shape index (κ1) is 20.0. The van der Waals surface area contributed by atoms with E-state index in [1.54, 1.807) is 18.2 Å². The average Bonchev–Trinajstić information content (AvgIpc) is 2.71. The van der Waals surface area contributed by atoms with E-state index in [-0.39, 0.29) is 17.2 Å². The third-order valence-electron chi connectivity index (χ3n) is 4.48. The summed E-state index contributed by atoms with van der Waals surface area (Å²) in [5.74, 6) is -0.324. The number of sulfonamides is 1. The van der Waals surface area contributed by atoms with Crippen molar-refractivity contribution >= 4 is 26.7 Å². The van der Waals surface area contributed by atoms with E-state index in [2.05, 4.69) is 10.0 Å². The zero-order chi connectivity index (χ0) is 20.0. The number of carbonyl (C=O) groups excluding carboxylic acids is 1. The Kier molecular flexibility index (Phi) is 6.44. The van der Waals surface area contributed by atoms with Crippen LogP contribution in [-0.2, 0) is 21.2 Å². The predicted molar refractivity (Wildman–Crippen MR) is 112 cm³/mol. The standard InChI is InChI=1S/C22H24N2O3S/c1-2-14-23-22(25)21(15-17-8-4-3-5-9-17)24-28(26,27)20-13-12-18-10-6-7-11-19(18)16-20/h3-13,16,21,24H,2,14-15H2,1H3,(H,23,25). The molecule has 1 unspecified atom stereocenters. The van der Waals surface area contributed by atoms with Crippen LogP contribution in [-0.4, -0.2) is 26.9 Å². The first-order chi connectivity index (χ1) is 13.5. The molecule has 0 heterocycles. The van der Waals surface area contributed by atoms with Gasteiger partial charge < -0.3 is 5.32 Å². The van der Waals surface area contributed by atoms with E-state index in [1.165, 1.54) is 0 Å². The highest BCUT2D eigenvalue weighted by atomic mass is 32.2. The van der Waals surface area contributed by atoms with Crippen molar-refractivity contribution in [3.63, 3.8) is 0 Å².